The molecule has 0 radical (unpaired) electrons. The number of anilines is 1. The lowest BCUT2D eigenvalue weighted by molar-refractivity contribution is -0.137. The minimum absolute atomic E-state index is 0.0532. The number of nitrogens with zero attached hydrogens (tertiary/aromatic N) is 2. The topological polar surface area (TPSA) is 57.8 Å². The average molecular weight is 444 g/mol. The maximum Gasteiger partial charge on any atom is 0.416 e. The molecule has 0 atom stereocenters. The van der Waals surface area contributed by atoms with Crippen molar-refractivity contribution >= 4 is 29.3 Å². The SMILES string of the molecule is Cc1cc(/C=C(/C#N)C(=O)Nc2cccc(C(F)(F)F)c2)c(C)n1-c1ccccc1Cl. The van der Waals surface area contributed by atoms with Crippen molar-refractivity contribution in [3.63, 3.8) is 0 Å². The Bertz CT molecular complexity index is 1220. The minimum Gasteiger partial charge on any atom is -0.321 e. The Kier molecular flexibility index (Phi) is 6.23. The lowest BCUT2D eigenvalue weighted by atomic mass is 10.1. The zero-order chi connectivity index (χ0) is 22.8. The molecular weight excluding hydrogens is 427 g/mol. The van der Waals surface area contributed by atoms with Gasteiger partial charge in [0.05, 0.1) is 16.3 Å². The Morgan fingerprint density at radius 3 is 2.48 bits per heavy atom. The van der Waals surface area contributed by atoms with Crippen molar-refractivity contribution < 1.29 is 18.0 Å². The molecular formula is C23H17ClF3N3O. The van der Waals surface area contributed by atoms with Crippen LogP contribution in [0.25, 0.3) is 11.8 Å². The quantitative estimate of drug-likeness (QED) is 0.379. The fourth-order valence-electron chi connectivity index (χ4n) is 3.21. The first-order valence-corrected chi connectivity index (χ1v) is 9.54. The van der Waals surface area contributed by atoms with Gasteiger partial charge in [0.2, 0.25) is 0 Å². The van der Waals surface area contributed by atoms with Crippen LogP contribution in [0, 0.1) is 25.2 Å². The third kappa shape index (κ3) is 4.81. The van der Waals surface area contributed by atoms with Crippen LogP contribution in [0.4, 0.5) is 18.9 Å². The first kappa shape index (κ1) is 22.2. The van der Waals surface area contributed by atoms with Gasteiger partial charge in [0, 0.05) is 17.1 Å². The maximum absolute atomic E-state index is 12.9. The molecule has 158 valence electrons. The Morgan fingerprint density at radius 2 is 1.84 bits per heavy atom. The third-order valence-corrected chi connectivity index (χ3v) is 5.00. The van der Waals surface area contributed by atoms with Crippen LogP contribution in [0.15, 0.2) is 60.2 Å². The van der Waals surface area contributed by atoms with Crippen LogP contribution in [-0.4, -0.2) is 10.5 Å². The molecule has 0 saturated heterocycles. The van der Waals surface area contributed by atoms with Crippen molar-refractivity contribution in [1.82, 2.24) is 4.57 Å². The predicted molar refractivity (Wildman–Crippen MR) is 114 cm³/mol. The standard InChI is InChI=1S/C23H17ClF3N3O/c1-14-10-16(15(2)30(14)21-9-4-3-8-20(21)24)11-17(13-28)22(31)29-19-7-5-6-18(12-19)23(25,26)27/h3-12H,1-2H3,(H,29,31)/b17-11-. The Hall–Kier alpha value is -3.50. The molecule has 3 aromatic rings. The molecule has 0 fully saturated rings. The van der Waals surface area contributed by atoms with Crippen molar-refractivity contribution in [1.29, 1.82) is 5.26 Å². The zero-order valence-electron chi connectivity index (χ0n) is 16.6. The number of nitriles is 1. The van der Waals surface area contributed by atoms with Crippen LogP contribution in [-0.2, 0) is 11.0 Å². The average Bonchev–Trinajstić information content (AvgIpc) is 2.99. The predicted octanol–water partition coefficient (Wildman–Crippen LogP) is 6.31. The molecule has 31 heavy (non-hydrogen) atoms. The second kappa shape index (κ2) is 8.70. The normalized spacial score (nSPS) is 11.8. The van der Waals surface area contributed by atoms with Gasteiger partial charge in [-0.1, -0.05) is 29.8 Å². The molecule has 0 aliphatic heterocycles. The highest BCUT2D eigenvalue weighted by atomic mass is 35.5. The summed E-state index contributed by atoms with van der Waals surface area (Å²) in [4.78, 5) is 12.5. The summed E-state index contributed by atoms with van der Waals surface area (Å²) in [6.07, 6.45) is -3.14. The fraction of sp³-hybridized carbons (Fsp3) is 0.130. The maximum atomic E-state index is 12.9. The number of halogens is 4. The van der Waals surface area contributed by atoms with Crippen LogP contribution in [0.3, 0.4) is 0 Å². The highest BCUT2D eigenvalue weighted by Crippen LogP contribution is 2.31. The number of carbonyl (C=O) groups is 1. The van der Waals surface area contributed by atoms with Crippen molar-refractivity contribution in [2.75, 3.05) is 5.32 Å². The van der Waals surface area contributed by atoms with Gasteiger partial charge in [-0.2, -0.15) is 18.4 Å². The number of amides is 1. The van der Waals surface area contributed by atoms with Crippen LogP contribution < -0.4 is 5.32 Å². The van der Waals surface area contributed by atoms with Gasteiger partial charge in [0.25, 0.3) is 5.91 Å². The van der Waals surface area contributed by atoms with Crippen molar-refractivity contribution in [2.45, 2.75) is 20.0 Å². The largest absolute Gasteiger partial charge is 0.416 e. The van der Waals surface area contributed by atoms with Crippen LogP contribution in [0.2, 0.25) is 5.02 Å². The van der Waals surface area contributed by atoms with E-state index in [1.54, 1.807) is 12.1 Å². The number of benzene rings is 2. The van der Waals surface area contributed by atoms with Gasteiger partial charge in [-0.05, 0) is 61.9 Å². The van der Waals surface area contributed by atoms with Gasteiger partial charge < -0.3 is 9.88 Å². The highest BCUT2D eigenvalue weighted by molar-refractivity contribution is 6.32. The number of aromatic nitrogens is 1. The lowest BCUT2D eigenvalue weighted by Gasteiger charge is -2.11. The second-order valence-electron chi connectivity index (χ2n) is 6.82. The summed E-state index contributed by atoms with van der Waals surface area (Å²) in [6, 6.07) is 15.1. The summed E-state index contributed by atoms with van der Waals surface area (Å²) in [5.41, 5.74) is 1.78. The molecule has 0 unspecified atom stereocenters. The molecule has 4 nitrogen and oxygen atoms in total. The number of rotatable bonds is 4. The summed E-state index contributed by atoms with van der Waals surface area (Å²) >= 11 is 6.30. The van der Waals surface area contributed by atoms with E-state index in [9.17, 15) is 23.2 Å². The zero-order valence-corrected chi connectivity index (χ0v) is 17.3. The van der Waals surface area contributed by atoms with Crippen molar-refractivity contribution in [3.8, 4) is 11.8 Å². The second-order valence-corrected chi connectivity index (χ2v) is 7.22. The van der Waals surface area contributed by atoms with Crippen LogP contribution in [0.5, 0.6) is 0 Å². The minimum atomic E-state index is -4.54. The summed E-state index contributed by atoms with van der Waals surface area (Å²) in [6.45, 7) is 3.68. The summed E-state index contributed by atoms with van der Waals surface area (Å²) in [5, 5.41) is 12.4. The van der Waals surface area contributed by atoms with E-state index in [1.165, 1.54) is 18.2 Å². The highest BCUT2D eigenvalue weighted by Gasteiger charge is 2.30. The molecule has 1 aromatic heterocycles. The smallest absolute Gasteiger partial charge is 0.321 e. The number of hydrogen-bond acceptors (Lipinski definition) is 2. The summed E-state index contributed by atoms with van der Waals surface area (Å²) in [5.74, 6) is -0.802. The number of nitrogens with one attached hydrogen (secondary N) is 1. The molecule has 1 heterocycles. The molecule has 0 spiro atoms. The number of alkyl halides is 3. The first-order chi connectivity index (χ1) is 14.6. The first-order valence-electron chi connectivity index (χ1n) is 9.16. The Morgan fingerprint density at radius 1 is 1.13 bits per heavy atom. The van der Waals surface area contributed by atoms with Gasteiger partial charge in [0.15, 0.2) is 0 Å². The van der Waals surface area contributed by atoms with E-state index < -0.39 is 17.6 Å². The molecule has 0 saturated carbocycles. The third-order valence-electron chi connectivity index (χ3n) is 4.68. The Labute approximate surface area is 182 Å². The number of para-hydroxylation sites is 1. The van der Waals surface area contributed by atoms with Crippen molar-refractivity contribution in [2.24, 2.45) is 0 Å². The van der Waals surface area contributed by atoms with Crippen LogP contribution >= 0.6 is 11.6 Å². The number of aryl methyl sites for hydroxylation is 1. The van der Waals surface area contributed by atoms with E-state index in [4.69, 9.17) is 11.6 Å². The Balaban J connectivity index is 1.93. The molecule has 0 bridgehead atoms. The van der Waals surface area contributed by atoms with Crippen LogP contribution in [0.1, 0.15) is 22.5 Å². The van der Waals surface area contributed by atoms with Crippen molar-refractivity contribution in [3.05, 3.63) is 87.7 Å². The number of carbonyl (C=O) groups excluding carboxylic acids is 1. The summed E-state index contributed by atoms with van der Waals surface area (Å²) in [7, 11) is 0. The van der Waals surface area contributed by atoms with Gasteiger partial charge in [-0.25, -0.2) is 0 Å². The van der Waals surface area contributed by atoms with Gasteiger partial charge in [0.1, 0.15) is 11.6 Å². The van der Waals surface area contributed by atoms with E-state index >= 15 is 0 Å². The lowest BCUT2D eigenvalue weighted by Crippen LogP contribution is -2.14. The summed E-state index contributed by atoms with van der Waals surface area (Å²) < 4.78 is 40.5. The number of hydrogen-bond donors (Lipinski definition) is 1. The fourth-order valence-corrected chi connectivity index (χ4v) is 3.43. The van der Waals surface area contributed by atoms with Gasteiger partial charge >= 0.3 is 6.18 Å². The molecule has 3 rings (SSSR count). The molecule has 2 aromatic carbocycles. The van der Waals surface area contributed by atoms with Gasteiger partial charge in [-0.3, -0.25) is 4.79 Å². The molecule has 1 amide bonds. The van der Waals surface area contributed by atoms with E-state index in [0.29, 0.717) is 10.6 Å². The molecule has 8 heteroatoms. The monoisotopic (exact) mass is 443 g/mol. The van der Waals surface area contributed by atoms with E-state index in [1.807, 2.05) is 42.7 Å². The van der Waals surface area contributed by atoms with E-state index in [-0.39, 0.29) is 11.3 Å². The molecule has 1 N–H and O–H groups in total. The van der Waals surface area contributed by atoms with Gasteiger partial charge in [-0.15, -0.1) is 0 Å². The molecule has 0 aliphatic carbocycles. The molecule has 0 aliphatic rings. The van der Waals surface area contributed by atoms with E-state index in [0.717, 1.165) is 29.2 Å². The van der Waals surface area contributed by atoms with E-state index in [2.05, 4.69) is 5.32 Å².